The average Bonchev–Trinajstić information content (AvgIpc) is 2.24. The summed E-state index contributed by atoms with van der Waals surface area (Å²) < 4.78 is 44.6. The number of anilines is 1. The summed E-state index contributed by atoms with van der Waals surface area (Å²) in [6.07, 6.45) is -4.45. The fraction of sp³-hybridized carbons (Fsp3) is 0.571. The van der Waals surface area contributed by atoms with Crippen molar-refractivity contribution in [1.29, 1.82) is 0 Å². The van der Waals surface area contributed by atoms with Crippen LogP contribution in [0.1, 0.15) is 45.7 Å². The fourth-order valence-electron chi connectivity index (χ4n) is 1.81. The molecule has 1 aromatic carbocycles. The Hall–Kier alpha value is -1.01. The quantitative estimate of drug-likeness (QED) is 0.680. The number of alkyl halides is 3. The topological polar surface area (TPSA) is 35.2 Å². The number of hydrogen-bond acceptors (Lipinski definition) is 2. The van der Waals surface area contributed by atoms with Crippen molar-refractivity contribution in [3.05, 3.63) is 29.3 Å². The van der Waals surface area contributed by atoms with Gasteiger partial charge in [-0.15, -0.1) is 0 Å². The molecule has 0 aliphatic rings. The van der Waals surface area contributed by atoms with Gasteiger partial charge in [-0.3, -0.25) is 0 Å². The first-order chi connectivity index (χ1) is 8.84. The van der Waals surface area contributed by atoms with Gasteiger partial charge in [-0.1, -0.05) is 32.9 Å². The number of halogens is 3. The lowest BCUT2D eigenvalue weighted by molar-refractivity contribution is -0.137. The molecule has 0 spiro atoms. The van der Waals surface area contributed by atoms with Crippen LogP contribution in [0.5, 0.6) is 0 Å². The smallest absolute Gasteiger partial charge is 0.414 e. The predicted octanol–water partition coefficient (Wildman–Crippen LogP) is 3.84. The molecule has 2 nitrogen and oxygen atoms in total. The van der Waals surface area contributed by atoms with E-state index < -0.39 is 27.1 Å². The van der Waals surface area contributed by atoms with Crippen molar-refractivity contribution < 1.29 is 17.6 Å². The van der Waals surface area contributed by atoms with Gasteiger partial charge in [0.2, 0.25) is 0 Å². The molecule has 0 aliphatic heterocycles. The molecule has 0 aromatic heterocycles. The van der Waals surface area contributed by atoms with Crippen LogP contribution in [-0.4, -0.2) is 9.76 Å². The summed E-state index contributed by atoms with van der Waals surface area (Å²) in [6.45, 7) is 9.70. The summed E-state index contributed by atoms with van der Waals surface area (Å²) in [5, 5.41) is 0.0632. The van der Waals surface area contributed by atoms with Gasteiger partial charge in [0.1, 0.15) is 0 Å². The van der Waals surface area contributed by atoms with E-state index in [1.165, 1.54) is 6.07 Å². The van der Waals surface area contributed by atoms with E-state index in [0.717, 1.165) is 6.07 Å². The molecular weight excluding hydrogens is 283 g/mol. The van der Waals surface area contributed by atoms with Crippen LogP contribution < -0.4 is 5.73 Å². The van der Waals surface area contributed by atoms with Gasteiger partial charge in [0.05, 0.1) is 11.2 Å². The first-order valence-electron chi connectivity index (χ1n) is 6.45. The lowest BCUT2D eigenvalue weighted by atomic mass is 9.94. The largest absolute Gasteiger partial charge is 0.418 e. The van der Waals surface area contributed by atoms with E-state index in [1.54, 1.807) is 19.9 Å². The van der Waals surface area contributed by atoms with E-state index in [4.69, 9.17) is 10.2 Å². The van der Waals surface area contributed by atoms with E-state index in [0.29, 0.717) is 5.56 Å². The highest BCUT2D eigenvalue weighted by molar-refractivity contribution is 6.31. The second kappa shape index (κ2) is 5.41. The van der Waals surface area contributed by atoms with Gasteiger partial charge >= 0.3 is 6.18 Å². The first-order valence-corrected chi connectivity index (χ1v) is 7.73. The molecule has 20 heavy (non-hydrogen) atoms. The number of rotatable bonds is 3. The molecule has 0 fully saturated rings. The SMILES string of the molecule is CC(C)(C)[SiH2]OC(C)(C)c1cccc(C(F)(F)F)c1N. The Bertz CT molecular complexity index is 478. The molecule has 1 rings (SSSR count). The van der Waals surface area contributed by atoms with Crippen molar-refractivity contribution in [2.45, 2.75) is 51.4 Å². The molecule has 0 radical (unpaired) electrons. The zero-order valence-electron chi connectivity index (χ0n) is 12.6. The molecule has 1 aromatic rings. The Kier molecular flexibility index (Phi) is 4.61. The maximum absolute atomic E-state index is 12.9. The first kappa shape index (κ1) is 17.0. The van der Waals surface area contributed by atoms with E-state index >= 15 is 0 Å². The molecule has 2 N–H and O–H groups in total. The number of nitrogen functional groups attached to an aromatic ring is 1. The van der Waals surface area contributed by atoms with Gasteiger partial charge in [-0.05, 0) is 25.0 Å². The summed E-state index contributed by atoms with van der Waals surface area (Å²) in [4.78, 5) is 0. The fourth-order valence-corrected chi connectivity index (χ4v) is 2.76. The molecule has 114 valence electrons. The summed E-state index contributed by atoms with van der Waals surface area (Å²) in [6, 6.07) is 3.97. The Balaban J connectivity index is 3.13. The maximum atomic E-state index is 12.9. The maximum Gasteiger partial charge on any atom is 0.418 e. The van der Waals surface area contributed by atoms with Crippen LogP contribution in [0, 0.1) is 0 Å². The minimum atomic E-state index is -4.45. The second-order valence-corrected chi connectivity index (χ2v) is 9.32. The molecule has 0 aliphatic carbocycles. The third kappa shape index (κ3) is 4.24. The normalized spacial score (nSPS) is 14.2. The lowest BCUT2D eigenvalue weighted by Gasteiger charge is -2.32. The Morgan fingerprint density at radius 2 is 1.50 bits per heavy atom. The molecular formula is C14H22F3NOSi. The van der Waals surface area contributed by atoms with Gasteiger partial charge in [-0.2, -0.15) is 13.2 Å². The molecule has 6 heteroatoms. The number of para-hydroxylation sites is 1. The highest BCUT2D eigenvalue weighted by Gasteiger charge is 2.36. The number of benzene rings is 1. The minimum Gasteiger partial charge on any atom is -0.414 e. The Morgan fingerprint density at radius 3 is 1.95 bits per heavy atom. The van der Waals surface area contributed by atoms with E-state index in [9.17, 15) is 13.2 Å². The second-order valence-electron chi connectivity index (χ2n) is 6.62. The van der Waals surface area contributed by atoms with E-state index in [-0.39, 0.29) is 10.7 Å². The molecule has 0 heterocycles. The minimum absolute atomic E-state index is 0.0632. The van der Waals surface area contributed by atoms with Crippen molar-refractivity contribution in [1.82, 2.24) is 0 Å². The summed E-state index contributed by atoms with van der Waals surface area (Å²) >= 11 is 0. The van der Waals surface area contributed by atoms with Crippen LogP contribution >= 0.6 is 0 Å². The molecule has 0 amide bonds. The zero-order chi connectivity index (χ0) is 15.8. The highest BCUT2D eigenvalue weighted by Crippen LogP contribution is 2.39. The molecule has 0 atom stereocenters. The van der Waals surface area contributed by atoms with Gasteiger partial charge in [0.15, 0.2) is 9.76 Å². The van der Waals surface area contributed by atoms with Gasteiger partial charge in [0, 0.05) is 11.3 Å². The summed E-state index contributed by atoms with van der Waals surface area (Å²) in [5.74, 6) is 0. The summed E-state index contributed by atoms with van der Waals surface area (Å²) in [5.41, 5.74) is 4.24. The standard InChI is InChI=1S/C14H22F3NOSi/c1-12(2,3)20-19-13(4,5)9-7-6-8-10(11(9)18)14(15,16)17/h6-8H,18,20H2,1-5H3. The van der Waals surface area contributed by atoms with Gasteiger partial charge in [0.25, 0.3) is 0 Å². The van der Waals surface area contributed by atoms with Crippen LogP contribution in [0.15, 0.2) is 18.2 Å². The van der Waals surface area contributed by atoms with Crippen LogP contribution in [0.2, 0.25) is 5.04 Å². The van der Waals surface area contributed by atoms with Crippen LogP contribution in [-0.2, 0) is 16.2 Å². The number of hydrogen-bond donors (Lipinski definition) is 1. The lowest BCUT2D eigenvalue weighted by Crippen LogP contribution is -2.29. The molecule has 0 unspecified atom stereocenters. The zero-order valence-corrected chi connectivity index (χ0v) is 14.0. The van der Waals surface area contributed by atoms with Crippen molar-refractivity contribution in [3.63, 3.8) is 0 Å². The van der Waals surface area contributed by atoms with Crippen molar-refractivity contribution in [3.8, 4) is 0 Å². The van der Waals surface area contributed by atoms with Crippen molar-refractivity contribution in [2.75, 3.05) is 5.73 Å². The van der Waals surface area contributed by atoms with Crippen molar-refractivity contribution >= 4 is 15.5 Å². The average molecular weight is 305 g/mol. The molecule has 0 saturated heterocycles. The summed E-state index contributed by atoms with van der Waals surface area (Å²) in [7, 11) is -0.898. The van der Waals surface area contributed by atoms with Crippen molar-refractivity contribution in [2.24, 2.45) is 0 Å². The molecule has 0 saturated carbocycles. The Morgan fingerprint density at radius 1 is 1.00 bits per heavy atom. The monoisotopic (exact) mass is 305 g/mol. The van der Waals surface area contributed by atoms with Crippen LogP contribution in [0.25, 0.3) is 0 Å². The third-order valence-corrected chi connectivity index (χ3v) is 4.66. The van der Waals surface area contributed by atoms with Crippen LogP contribution in [0.4, 0.5) is 18.9 Å². The number of nitrogens with two attached hydrogens (primary N) is 1. The Labute approximate surface area is 120 Å². The molecule has 0 bridgehead atoms. The van der Waals surface area contributed by atoms with Crippen LogP contribution in [0.3, 0.4) is 0 Å². The predicted molar refractivity (Wildman–Crippen MR) is 78.2 cm³/mol. The van der Waals surface area contributed by atoms with E-state index in [1.807, 2.05) is 0 Å². The van der Waals surface area contributed by atoms with E-state index in [2.05, 4.69) is 20.8 Å². The van der Waals surface area contributed by atoms with Gasteiger partial charge in [-0.25, -0.2) is 0 Å². The third-order valence-electron chi connectivity index (χ3n) is 2.93. The highest BCUT2D eigenvalue weighted by atomic mass is 28.2. The van der Waals surface area contributed by atoms with Gasteiger partial charge < -0.3 is 10.2 Å².